The van der Waals surface area contributed by atoms with Crippen LogP contribution < -0.4 is 5.73 Å². The third-order valence-corrected chi connectivity index (χ3v) is 1.62. The molecular formula is C8H11FN2O. The highest BCUT2D eigenvalue weighted by Gasteiger charge is 2.15. The van der Waals surface area contributed by atoms with Gasteiger partial charge in [-0.2, -0.15) is 0 Å². The number of aromatic nitrogens is 1. The molecule has 4 heteroatoms. The summed E-state index contributed by atoms with van der Waals surface area (Å²) in [5, 5.41) is 9.39. The molecule has 0 radical (unpaired) electrons. The second kappa shape index (κ2) is 3.60. The van der Waals surface area contributed by atoms with Gasteiger partial charge in [0.15, 0.2) is 0 Å². The van der Waals surface area contributed by atoms with Gasteiger partial charge >= 0.3 is 0 Å². The van der Waals surface area contributed by atoms with Crippen molar-refractivity contribution in [2.75, 3.05) is 0 Å². The SMILES string of the molecule is CC(N)C(O)c1ccncc1F. The van der Waals surface area contributed by atoms with Gasteiger partial charge in [-0.1, -0.05) is 0 Å². The molecule has 1 aromatic heterocycles. The molecule has 0 bridgehead atoms. The number of pyridine rings is 1. The van der Waals surface area contributed by atoms with Crippen molar-refractivity contribution >= 4 is 0 Å². The van der Waals surface area contributed by atoms with Gasteiger partial charge in [-0.3, -0.25) is 4.98 Å². The Morgan fingerprint density at radius 2 is 2.33 bits per heavy atom. The molecule has 12 heavy (non-hydrogen) atoms. The lowest BCUT2D eigenvalue weighted by Crippen LogP contribution is -2.25. The minimum atomic E-state index is -0.965. The van der Waals surface area contributed by atoms with E-state index in [0.717, 1.165) is 6.20 Å². The molecule has 2 unspecified atom stereocenters. The number of aliphatic hydroxyl groups is 1. The molecule has 0 saturated heterocycles. The minimum Gasteiger partial charge on any atom is -0.387 e. The molecule has 0 saturated carbocycles. The average Bonchev–Trinajstić information content (AvgIpc) is 2.04. The maximum atomic E-state index is 12.9. The number of halogens is 1. The zero-order valence-corrected chi connectivity index (χ0v) is 6.74. The number of rotatable bonds is 2. The molecule has 0 aromatic carbocycles. The van der Waals surface area contributed by atoms with E-state index in [9.17, 15) is 9.50 Å². The van der Waals surface area contributed by atoms with Crippen LogP contribution in [0.1, 0.15) is 18.6 Å². The Hall–Kier alpha value is -1.00. The predicted octanol–water partition coefficient (Wildman–Crippen LogP) is 0.601. The van der Waals surface area contributed by atoms with Gasteiger partial charge in [0.05, 0.1) is 12.3 Å². The van der Waals surface area contributed by atoms with Crippen LogP contribution in [0.15, 0.2) is 18.5 Å². The van der Waals surface area contributed by atoms with Crippen LogP contribution in [0.2, 0.25) is 0 Å². The first-order chi connectivity index (χ1) is 5.63. The summed E-state index contributed by atoms with van der Waals surface area (Å²) in [5.41, 5.74) is 5.59. The third kappa shape index (κ3) is 1.78. The summed E-state index contributed by atoms with van der Waals surface area (Å²) in [7, 11) is 0. The molecule has 0 fully saturated rings. The summed E-state index contributed by atoms with van der Waals surface area (Å²) in [4.78, 5) is 3.56. The average molecular weight is 170 g/mol. The summed E-state index contributed by atoms with van der Waals surface area (Å²) < 4.78 is 12.9. The van der Waals surface area contributed by atoms with E-state index in [4.69, 9.17) is 5.73 Å². The van der Waals surface area contributed by atoms with Crippen LogP contribution in [-0.2, 0) is 0 Å². The van der Waals surface area contributed by atoms with Crippen molar-refractivity contribution in [1.29, 1.82) is 0 Å². The van der Waals surface area contributed by atoms with E-state index < -0.39 is 18.0 Å². The van der Waals surface area contributed by atoms with Gasteiger partial charge in [0.25, 0.3) is 0 Å². The largest absolute Gasteiger partial charge is 0.387 e. The molecule has 3 nitrogen and oxygen atoms in total. The number of nitrogens with two attached hydrogens (primary N) is 1. The maximum absolute atomic E-state index is 12.9. The molecule has 0 amide bonds. The van der Waals surface area contributed by atoms with Crippen molar-refractivity contribution in [2.24, 2.45) is 5.73 Å². The van der Waals surface area contributed by atoms with Crippen LogP contribution in [0.5, 0.6) is 0 Å². The second-order valence-electron chi connectivity index (χ2n) is 2.70. The van der Waals surface area contributed by atoms with Crippen LogP contribution in [0.25, 0.3) is 0 Å². The van der Waals surface area contributed by atoms with E-state index in [2.05, 4.69) is 4.98 Å². The molecule has 0 aliphatic heterocycles. The van der Waals surface area contributed by atoms with E-state index in [1.807, 2.05) is 0 Å². The highest BCUT2D eigenvalue weighted by atomic mass is 19.1. The molecule has 2 atom stereocenters. The van der Waals surface area contributed by atoms with Crippen LogP contribution >= 0.6 is 0 Å². The first-order valence-corrected chi connectivity index (χ1v) is 3.66. The van der Waals surface area contributed by atoms with E-state index in [1.54, 1.807) is 6.92 Å². The van der Waals surface area contributed by atoms with Gasteiger partial charge in [0.1, 0.15) is 5.82 Å². The normalized spacial score (nSPS) is 15.7. The van der Waals surface area contributed by atoms with Gasteiger partial charge in [0, 0.05) is 17.8 Å². The molecule has 3 N–H and O–H groups in total. The number of hydrogen-bond acceptors (Lipinski definition) is 3. The van der Waals surface area contributed by atoms with Gasteiger partial charge in [-0.05, 0) is 13.0 Å². The van der Waals surface area contributed by atoms with E-state index >= 15 is 0 Å². The summed E-state index contributed by atoms with van der Waals surface area (Å²) in [5.74, 6) is -0.526. The molecule has 66 valence electrons. The van der Waals surface area contributed by atoms with Gasteiger partial charge in [0.2, 0.25) is 0 Å². The van der Waals surface area contributed by atoms with Crippen LogP contribution in [0, 0.1) is 5.82 Å². The Morgan fingerprint density at radius 3 is 2.83 bits per heavy atom. The molecule has 0 aliphatic rings. The van der Waals surface area contributed by atoms with Crippen molar-refractivity contribution in [3.63, 3.8) is 0 Å². The fraction of sp³-hybridized carbons (Fsp3) is 0.375. The van der Waals surface area contributed by atoms with E-state index in [1.165, 1.54) is 12.3 Å². The van der Waals surface area contributed by atoms with Crippen LogP contribution in [0.3, 0.4) is 0 Å². The molecule has 1 heterocycles. The molecule has 1 aromatic rings. The highest BCUT2D eigenvalue weighted by molar-refractivity contribution is 5.16. The minimum absolute atomic E-state index is 0.194. The zero-order chi connectivity index (χ0) is 9.14. The highest BCUT2D eigenvalue weighted by Crippen LogP contribution is 2.17. The fourth-order valence-electron chi connectivity index (χ4n) is 0.909. The van der Waals surface area contributed by atoms with Crippen molar-refractivity contribution in [3.8, 4) is 0 Å². The van der Waals surface area contributed by atoms with Gasteiger partial charge < -0.3 is 10.8 Å². The lowest BCUT2D eigenvalue weighted by Gasteiger charge is -2.14. The number of hydrogen-bond donors (Lipinski definition) is 2. The van der Waals surface area contributed by atoms with E-state index in [-0.39, 0.29) is 5.56 Å². The first kappa shape index (κ1) is 9.09. The molecule has 0 spiro atoms. The zero-order valence-electron chi connectivity index (χ0n) is 6.74. The standard InChI is InChI=1S/C8H11FN2O/c1-5(10)8(12)6-2-3-11-4-7(6)9/h2-5,8,12H,10H2,1H3. The van der Waals surface area contributed by atoms with E-state index in [0.29, 0.717) is 0 Å². The molecule has 0 aliphatic carbocycles. The quantitative estimate of drug-likeness (QED) is 0.683. The van der Waals surface area contributed by atoms with Gasteiger partial charge in [-0.15, -0.1) is 0 Å². The van der Waals surface area contributed by atoms with Gasteiger partial charge in [-0.25, -0.2) is 4.39 Å². The lowest BCUT2D eigenvalue weighted by molar-refractivity contribution is 0.149. The summed E-state index contributed by atoms with van der Waals surface area (Å²) >= 11 is 0. The van der Waals surface area contributed by atoms with Crippen molar-refractivity contribution in [1.82, 2.24) is 4.98 Å². The Kier molecular flexibility index (Phi) is 2.73. The third-order valence-electron chi connectivity index (χ3n) is 1.62. The second-order valence-corrected chi connectivity index (χ2v) is 2.70. The Labute approximate surface area is 70.0 Å². The Morgan fingerprint density at radius 1 is 1.67 bits per heavy atom. The van der Waals surface area contributed by atoms with Crippen LogP contribution in [0.4, 0.5) is 4.39 Å². The maximum Gasteiger partial charge on any atom is 0.147 e. The summed E-state index contributed by atoms with van der Waals surface area (Å²) in [6.45, 7) is 1.62. The smallest absolute Gasteiger partial charge is 0.147 e. The van der Waals surface area contributed by atoms with Crippen LogP contribution in [-0.4, -0.2) is 16.1 Å². The van der Waals surface area contributed by atoms with Crippen molar-refractivity contribution in [2.45, 2.75) is 19.1 Å². The Bertz CT molecular complexity index is 265. The monoisotopic (exact) mass is 170 g/mol. The Balaban J connectivity index is 2.94. The predicted molar refractivity (Wildman–Crippen MR) is 42.8 cm³/mol. The number of nitrogens with zero attached hydrogens (tertiary/aromatic N) is 1. The lowest BCUT2D eigenvalue weighted by atomic mass is 10.1. The first-order valence-electron chi connectivity index (χ1n) is 3.66. The fourth-order valence-corrected chi connectivity index (χ4v) is 0.909. The molecular weight excluding hydrogens is 159 g/mol. The number of aliphatic hydroxyl groups excluding tert-OH is 1. The van der Waals surface area contributed by atoms with Crippen molar-refractivity contribution in [3.05, 3.63) is 29.8 Å². The molecule has 1 rings (SSSR count). The topological polar surface area (TPSA) is 59.1 Å². The summed E-state index contributed by atoms with van der Waals surface area (Å²) in [6.07, 6.45) is 1.51. The van der Waals surface area contributed by atoms with Crippen molar-refractivity contribution < 1.29 is 9.50 Å². The summed E-state index contributed by atoms with van der Waals surface area (Å²) in [6, 6.07) is 0.936.